The van der Waals surface area contributed by atoms with Crippen molar-refractivity contribution in [1.29, 1.82) is 0 Å². The van der Waals surface area contributed by atoms with Gasteiger partial charge in [0, 0.05) is 80.5 Å². The minimum atomic E-state index is -0.180. The molecule has 1 fully saturated rings. The van der Waals surface area contributed by atoms with Gasteiger partial charge in [0.2, 0.25) is 0 Å². The molecule has 4 nitrogen and oxygen atoms in total. The first-order chi connectivity index (χ1) is 30.7. The van der Waals surface area contributed by atoms with E-state index in [0.717, 1.165) is 19.3 Å². The van der Waals surface area contributed by atoms with Crippen LogP contribution in [0.5, 0.6) is 0 Å². The van der Waals surface area contributed by atoms with Crippen molar-refractivity contribution in [1.82, 2.24) is 4.57 Å². The summed E-state index contributed by atoms with van der Waals surface area (Å²) >= 11 is 0. The molecule has 6 aliphatic rings. The molecule has 0 bridgehead atoms. The summed E-state index contributed by atoms with van der Waals surface area (Å²) in [5, 5.41) is 5.14. The molecule has 6 atom stereocenters. The van der Waals surface area contributed by atoms with E-state index in [0.29, 0.717) is 23.8 Å². The Morgan fingerprint density at radius 3 is 1.98 bits per heavy atom. The molecule has 14 rings (SSSR count). The summed E-state index contributed by atoms with van der Waals surface area (Å²) < 4.78 is 2.47. The summed E-state index contributed by atoms with van der Waals surface area (Å²) in [7, 11) is 0. The minimum Gasteiger partial charge on any atom is -0.337 e. The largest absolute Gasteiger partial charge is 0.337 e. The van der Waals surface area contributed by atoms with Gasteiger partial charge in [-0.15, -0.1) is 0 Å². The maximum Gasteiger partial charge on any atom is 0.0629 e. The van der Waals surface area contributed by atoms with Gasteiger partial charge in [-0.1, -0.05) is 140 Å². The molecule has 1 aromatic heterocycles. The van der Waals surface area contributed by atoms with Gasteiger partial charge in [0.05, 0.1) is 22.8 Å². The molecule has 62 heavy (non-hydrogen) atoms. The lowest BCUT2D eigenvalue weighted by Gasteiger charge is -2.34. The van der Waals surface area contributed by atoms with Crippen molar-refractivity contribution in [3.05, 3.63) is 217 Å². The molecule has 1 saturated carbocycles. The van der Waals surface area contributed by atoms with Crippen LogP contribution < -0.4 is 9.80 Å². The van der Waals surface area contributed by atoms with Gasteiger partial charge in [0.25, 0.3) is 0 Å². The van der Waals surface area contributed by atoms with Gasteiger partial charge in [0.15, 0.2) is 0 Å². The van der Waals surface area contributed by atoms with E-state index in [4.69, 9.17) is 4.99 Å². The average molecular weight is 797 g/mol. The highest BCUT2D eigenvalue weighted by Gasteiger charge is 2.58. The zero-order valence-corrected chi connectivity index (χ0v) is 34.3. The number of rotatable bonds is 5. The van der Waals surface area contributed by atoms with Crippen LogP contribution in [0.25, 0.3) is 43.8 Å². The van der Waals surface area contributed by atoms with Gasteiger partial charge in [-0.3, -0.25) is 4.99 Å². The Kier molecular flexibility index (Phi) is 7.20. The van der Waals surface area contributed by atoms with E-state index < -0.39 is 0 Å². The van der Waals surface area contributed by atoms with Crippen LogP contribution in [0.1, 0.15) is 53.4 Å². The molecule has 8 aromatic rings. The second kappa shape index (κ2) is 12.9. The third-order valence-corrected chi connectivity index (χ3v) is 15.1. The van der Waals surface area contributed by atoms with Crippen LogP contribution in [0.15, 0.2) is 199 Å². The van der Waals surface area contributed by atoms with Crippen molar-refractivity contribution in [2.45, 2.75) is 48.6 Å². The van der Waals surface area contributed by atoms with E-state index >= 15 is 0 Å². The molecule has 0 radical (unpaired) electrons. The molecule has 0 N–H and O–H groups in total. The molecule has 3 aliphatic carbocycles. The monoisotopic (exact) mass is 796 g/mol. The second-order valence-corrected chi connectivity index (χ2v) is 18.2. The van der Waals surface area contributed by atoms with E-state index in [-0.39, 0.29) is 11.5 Å². The standard InChI is InChI=1S/C58H44N4/c1-2-16-41-40(15-1)49(29-30-57(41)62-55-27-13-7-21-46(55)47-22-8-14-28-56(47)62)58-34-50(58)48(35-59-36-58)37-31-38(60-51-23-9-3-17-42(51)43-18-4-10-24-52(43)60)33-39(32-37)61-53-25-11-5-19-44(53)45-20-6-12-26-54(45)61/h1-11,13-25,27-33,35-36,42,45,50-51,54H,12,26,34H2. The molecular weight excluding hydrogens is 753 g/mol. The van der Waals surface area contributed by atoms with Crippen LogP contribution in [0.4, 0.5) is 22.7 Å². The van der Waals surface area contributed by atoms with Crippen molar-refractivity contribution in [2.75, 3.05) is 9.80 Å². The molecule has 0 amide bonds. The lowest BCUT2D eigenvalue weighted by molar-refractivity contribution is 0.565. The van der Waals surface area contributed by atoms with Crippen LogP contribution >= 0.6 is 0 Å². The lowest BCUT2D eigenvalue weighted by atomic mass is 9.85. The highest BCUT2D eigenvalue weighted by atomic mass is 15.2. The molecule has 296 valence electrons. The van der Waals surface area contributed by atoms with Crippen molar-refractivity contribution in [3.8, 4) is 5.69 Å². The predicted molar refractivity (Wildman–Crippen MR) is 258 cm³/mol. The summed E-state index contributed by atoms with van der Waals surface area (Å²) in [6.45, 7) is 0. The Morgan fingerprint density at radius 2 is 1.19 bits per heavy atom. The SMILES string of the molecule is C1=CC2c3ccccc3N(c3cc(C4=CN=CC5(c6ccc(-n7c8ccccc8c8ccccc87)c7ccccc67)CC45)cc(N4c5ccccc5C5C=CCCC54)c3)C2C=C1. The van der Waals surface area contributed by atoms with Gasteiger partial charge < -0.3 is 14.4 Å². The van der Waals surface area contributed by atoms with E-state index in [9.17, 15) is 0 Å². The highest BCUT2D eigenvalue weighted by Crippen LogP contribution is 2.63. The van der Waals surface area contributed by atoms with Gasteiger partial charge in [0.1, 0.15) is 0 Å². The number of anilines is 4. The molecule has 0 spiro atoms. The van der Waals surface area contributed by atoms with Crippen molar-refractivity contribution < 1.29 is 0 Å². The summed E-state index contributed by atoms with van der Waals surface area (Å²) in [5.74, 6) is 1.03. The summed E-state index contributed by atoms with van der Waals surface area (Å²) in [6.07, 6.45) is 21.8. The zero-order valence-electron chi connectivity index (χ0n) is 34.3. The topological polar surface area (TPSA) is 23.8 Å². The van der Waals surface area contributed by atoms with Gasteiger partial charge >= 0.3 is 0 Å². The predicted octanol–water partition coefficient (Wildman–Crippen LogP) is 14.0. The molecule has 0 saturated heterocycles. The average Bonchev–Trinajstić information content (AvgIpc) is 3.70. The number of allylic oxidation sites excluding steroid dienone is 4. The highest BCUT2D eigenvalue weighted by molar-refractivity contribution is 6.11. The fraction of sp³-hybridized carbons (Fsp3) is 0.155. The summed E-state index contributed by atoms with van der Waals surface area (Å²) in [5.41, 5.74) is 15.5. The number of aromatic nitrogens is 1. The molecule has 3 aliphatic heterocycles. The number of aliphatic imine (C=N–C) groups is 1. The molecule has 4 heteroatoms. The molecular formula is C58H44N4. The molecule has 7 aromatic carbocycles. The third kappa shape index (κ3) is 4.75. The molecule has 4 heterocycles. The maximum absolute atomic E-state index is 5.18. The minimum absolute atomic E-state index is 0.180. The van der Waals surface area contributed by atoms with Crippen molar-refractivity contribution in [3.63, 3.8) is 0 Å². The first-order valence-corrected chi connectivity index (χ1v) is 22.4. The van der Waals surface area contributed by atoms with Crippen molar-refractivity contribution >= 4 is 67.1 Å². The number of hydrogen-bond acceptors (Lipinski definition) is 3. The molecule has 6 unspecified atom stereocenters. The number of para-hydroxylation sites is 4. The lowest BCUT2D eigenvalue weighted by Crippen LogP contribution is -2.32. The normalized spacial score (nSPS) is 24.9. The fourth-order valence-electron chi connectivity index (χ4n) is 12.4. The number of fused-ring (bicyclic) bond motifs is 11. The maximum atomic E-state index is 5.18. The fourth-order valence-corrected chi connectivity index (χ4v) is 12.4. The zero-order chi connectivity index (χ0) is 40.5. The van der Waals surface area contributed by atoms with Crippen LogP contribution in [0.3, 0.4) is 0 Å². The third-order valence-electron chi connectivity index (χ3n) is 15.1. The number of nitrogens with zero attached hydrogens (tertiary/aromatic N) is 4. The Morgan fingerprint density at radius 1 is 0.548 bits per heavy atom. The Bertz CT molecular complexity index is 3310. The van der Waals surface area contributed by atoms with Crippen LogP contribution in [-0.2, 0) is 5.41 Å². The number of benzene rings is 7. The number of hydrogen-bond donors (Lipinski definition) is 0. The smallest absolute Gasteiger partial charge is 0.0629 e. The van der Waals surface area contributed by atoms with Crippen LogP contribution in [0.2, 0.25) is 0 Å². The summed E-state index contributed by atoms with van der Waals surface area (Å²) in [4.78, 5) is 10.5. The first-order valence-electron chi connectivity index (χ1n) is 22.4. The van der Waals surface area contributed by atoms with Gasteiger partial charge in [-0.2, -0.15) is 0 Å². The Hall–Kier alpha value is -7.17. The van der Waals surface area contributed by atoms with E-state index in [1.54, 1.807) is 0 Å². The van der Waals surface area contributed by atoms with Gasteiger partial charge in [-0.25, -0.2) is 0 Å². The van der Waals surface area contributed by atoms with Crippen LogP contribution in [0, 0.1) is 5.92 Å². The van der Waals surface area contributed by atoms with Crippen molar-refractivity contribution in [2.24, 2.45) is 10.9 Å². The second-order valence-electron chi connectivity index (χ2n) is 18.2. The van der Waals surface area contributed by atoms with E-state index in [1.165, 1.54) is 88.8 Å². The van der Waals surface area contributed by atoms with Gasteiger partial charge in [-0.05, 0) is 101 Å². The Balaban J connectivity index is 0.920. The Labute approximate surface area is 361 Å². The van der Waals surface area contributed by atoms with E-state index in [2.05, 4.69) is 215 Å². The van der Waals surface area contributed by atoms with E-state index in [1.807, 2.05) is 0 Å². The summed E-state index contributed by atoms with van der Waals surface area (Å²) in [6, 6.07) is 57.7. The quantitative estimate of drug-likeness (QED) is 0.162. The first kappa shape index (κ1) is 34.5. The van der Waals surface area contributed by atoms with Crippen LogP contribution in [-0.4, -0.2) is 22.9 Å².